The fraction of sp³-hybridized carbons (Fsp3) is 0.222. The third-order valence-electron chi connectivity index (χ3n) is 2.99. The average molecular weight is 272 g/mol. The summed E-state index contributed by atoms with van der Waals surface area (Å²) in [5.41, 5.74) is 1.26. The van der Waals surface area contributed by atoms with Crippen molar-refractivity contribution in [3.63, 3.8) is 0 Å². The summed E-state index contributed by atoms with van der Waals surface area (Å²) in [6.45, 7) is 19.7. The molecular weight excluding hydrogens is 247 g/mol. The van der Waals surface area contributed by atoms with Crippen molar-refractivity contribution in [2.24, 2.45) is 0 Å². The number of hydrogen-bond acceptors (Lipinski definition) is 0. The van der Waals surface area contributed by atoms with Crippen molar-refractivity contribution in [3.8, 4) is 0 Å². The second kappa shape index (κ2) is 9.53. The fourth-order valence-corrected chi connectivity index (χ4v) is 3.12. The predicted octanol–water partition coefficient (Wildman–Crippen LogP) is 5.94. The van der Waals surface area contributed by atoms with Gasteiger partial charge in [0.25, 0.3) is 0 Å². The maximum absolute atomic E-state index is 3.88. The first-order valence-electron chi connectivity index (χ1n) is 6.43. The van der Waals surface area contributed by atoms with Gasteiger partial charge in [0.2, 0.25) is 0 Å². The lowest BCUT2D eigenvalue weighted by Gasteiger charge is -2.30. The second-order valence-electron chi connectivity index (χ2n) is 4.33. The van der Waals surface area contributed by atoms with E-state index >= 15 is 0 Å². The topological polar surface area (TPSA) is 0 Å². The Kier molecular flexibility index (Phi) is 8.83. The fourth-order valence-electron chi connectivity index (χ4n) is 1.69. The Morgan fingerprint density at radius 2 is 1.68 bits per heavy atom. The molecule has 0 radical (unpaired) electrons. The Balaban J connectivity index is 5.46. The van der Waals surface area contributed by atoms with Crippen molar-refractivity contribution in [3.05, 3.63) is 85.8 Å². The van der Waals surface area contributed by atoms with E-state index in [2.05, 4.69) is 52.3 Å². The Labute approximate surface area is 120 Å². The average Bonchev–Trinajstić information content (AvgIpc) is 2.42. The van der Waals surface area contributed by atoms with Gasteiger partial charge in [0.05, 0.1) is 0 Å². The molecule has 0 bridgehead atoms. The molecule has 0 aromatic rings. The van der Waals surface area contributed by atoms with Crippen molar-refractivity contribution in [1.82, 2.24) is 0 Å². The second-order valence-corrected chi connectivity index (χ2v) is 6.26. The summed E-state index contributed by atoms with van der Waals surface area (Å²) in [4.78, 5) is 0. The molecule has 0 N–H and O–H groups in total. The lowest BCUT2D eigenvalue weighted by molar-refractivity contribution is 0.722. The molecule has 1 heteroatoms. The molecule has 0 saturated carbocycles. The van der Waals surface area contributed by atoms with Gasteiger partial charge in [0.15, 0.2) is 0 Å². The summed E-state index contributed by atoms with van der Waals surface area (Å²) in [6, 6.07) is 0. The number of allylic oxidation sites excluding steroid dienone is 10. The molecule has 19 heavy (non-hydrogen) atoms. The van der Waals surface area contributed by atoms with Crippen LogP contribution in [0.2, 0.25) is 0 Å². The molecule has 0 amide bonds. The first-order chi connectivity index (χ1) is 9.07. The summed E-state index contributed by atoms with van der Waals surface area (Å²) in [5.74, 6) is 0. The predicted molar refractivity (Wildman–Crippen MR) is 93.1 cm³/mol. The van der Waals surface area contributed by atoms with Gasteiger partial charge >= 0.3 is 0 Å². The van der Waals surface area contributed by atoms with Crippen molar-refractivity contribution in [2.75, 3.05) is 0 Å². The van der Waals surface area contributed by atoms with E-state index in [9.17, 15) is 0 Å². The maximum Gasteiger partial charge on any atom is 0.0136 e. The van der Waals surface area contributed by atoms with Gasteiger partial charge in [-0.15, -0.1) is 0 Å². The van der Waals surface area contributed by atoms with Crippen LogP contribution in [0.3, 0.4) is 0 Å². The SMILES string of the molecule is C=C/C=C\C(=C/C=C)C(C)(CC)P/C(C=C)=C/C=C. The zero-order chi connectivity index (χ0) is 14.7. The largest absolute Gasteiger partial charge is 0.0991 e. The maximum atomic E-state index is 3.88. The highest BCUT2D eigenvalue weighted by Gasteiger charge is 2.25. The van der Waals surface area contributed by atoms with Crippen LogP contribution in [0.4, 0.5) is 0 Å². The monoisotopic (exact) mass is 272 g/mol. The van der Waals surface area contributed by atoms with E-state index in [4.69, 9.17) is 0 Å². The van der Waals surface area contributed by atoms with E-state index in [0.717, 1.165) is 6.42 Å². The van der Waals surface area contributed by atoms with Crippen LogP contribution in [0.25, 0.3) is 0 Å². The van der Waals surface area contributed by atoms with Crippen LogP contribution >= 0.6 is 8.58 Å². The van der Waals surface area contributed by atoms with Crippen LogP contribution in [-0.4, -0.2) is 5.16 Å². The molecule has 0 aliphatic heterocycles. The summed E-state index contributed by atoms with van der Waals surface area (Å²) >= 11 is 0. The molecule has 2 atom stereocenters. The molecule has 0 aliphatic carbocycles. The van der Waals surface area contributed by atoms with Crippen LogP contribution in [0.5, 0.6) is 0 Å². The van der Waals surface area contributed by atoms with Crippen LogP contribution < -0.4 is 0 Å². The highest BCUT2D eigenvalue weighted by molar-refractivity contribution is 7.45. The molecule has 0 fully saturated rings. The van der Waals surface area contributed by atoms with Gasteiger partial charge in [0, 0.05) is 5.16 Å². The first-order valence-corrected chi connectivity index (χ1v) is 7.43. The number of rotatable bonds is 9. The van der Waals surface area contributed by atoms with Crippen molar-refractivity contribution >= 4 is 8.58 Å². The Morgan fingerprint density at radius 3 is 2.11 bits per heavy atom. The molecule has 0 aromatic carbocycles. The molecule has 0 aliphatic rings. The first kappa shape index (κ1) is 17.6. The van der Waals surface area contributed by atoms with Gasteiger partial charge in [-0.25, -0.2) is 0 Å². The van der Waals surface area contributed by atoms with E-state index in [1.54, 1.807) is 6.08 Å². The van der Waals surface area contributed by atoms with Crippen molar-refractivity contribution < 1.29 is 0 Å². The molecule has 0 heterocycles. The quantitative estimate of drug-likeness (QED) is 0.359. The molecule has 0 nitrogen and oxygen atoms in total. The third kappa shape index (κ3) is 5.85. The highest BCUT2D eigenvalue weighted by Crippen LogP contribution is 2.47. The molecule has 0 aromatic heterocycles. The van der Waals surface area contributed by atoms with Crippen LogP contribution in [0, 0.1) is 0 Å². The van der Waals surface area contributed by atoms with E-state index < -0.39 is 0 Å². The van der Waals surface area contributed by atoms with Crippen LogP contribution in [0.15, 0.2) is 85.8 Å². The normalized spacial score (nSPS) is 16.5. The lowest BCUT2D eigenvalue weighted by Crippen LogP contribution is -2.19. The number of hydrogen-bond donors (Lipinski definition) is 0. The molecule has 0 saturated heterocycles. The van der Waals surface area contributed by atoms with E-state index in [-0.39, 0.29) is 5.16 Å². The standard InChI is InChI=1S/C18H25P/c1-7-12-15-16(13-8-2)18(6,11-5)19-17(10-4)14-9-3/h7-10,12-15,19H,1-4,11H2,5-6H3/b15-12-,16-13+,17-14+. The van der Waals surface area contributed by atoms with E-state index in [1.165, 1.54) is 10.9 Å². The van der Waals surface area contributed by atoms with Gasteiger partial charge in [-0.1, -0.05) is 97.4 Å². The van der Waals surface area contributed by atoms with Gasteiger partial charge in [-0.3, -0.25) is 0 Å². The minimum absolute atomic E-state index is 0.0801. The summed E-state index contributed by atoms with van der Waals surface area (Å²) in [5, 5.41) is 1.30. The van der Waals surface area contributed by atoms with E-state index in [0.29, 0.717) is 8.58 Å². The van der Waals surface area contributed by atoms with Gasteiger partial charge in [0.1, 0.15) is 0 Å². The molecule has 0 spiro atoms. The molecule has 102 valence electrons. The summed E-state index contributed by atoms with van der Waals surface area (Å²) in [6.07, 6.45) is 16.6. The Hall–Kier alpha value is -1.39. The van der Waals surface area contributed by atoms with Crippen molar-refractivity contribution in [1.29, 1.82) is 0 Å². The van der Waals surface area contributed by atoms with Crippen LogP contribution in [0.1, 0.15) is 20.3 Å². The highest BCUT2D eigenvalue weighted by atomic mass is 31.1. The zero-order valence-corrected chi connectivity index (χ0v) is 13.2. The molecule has 0 rings (SSSR count). The smallest absolute Gasteiger partial charge is 0.0136 e. The third-order valence-corrected chi connectivity index (χ3v) is 4.84. The van der Waals surface area contributed by atoms with Crippen molar-refractivity contribution in [2.45, 2.75) is 25.4 Å². The minimum Gasteiger partial charge on any atom is -0.0991 e. The van der Waals surface area contributed by atoms with Gasteiger partial charge in [-0.05, 0) is 17.3 Å². The van der Waals surface area contributed by atoms with Crippen LogP contribution in [-0.2, 0) is 0 Å². The molecular formula is C18H25P. The Bertz CT molecular complexity index is 421. The zero-order valence-electron chi connectivity index (χ0n) is 12.2. The van der Waals surface area contributed by atoms with Gasteiger partial charge in [-0.2, -0.15) is 0 Å². The lowest BCUT2D eigenvalue weighted by atomic mass is 9.96. The van der Waals surface area contributed by atoms with E-state index in [1.807, 2.05) is 30.4 Å². The summed E-state index contributed by atoms with van der Waals surface area (Å²) < 4.78 is 0. The Morgan fingerprint density at radius 1 is 1.05 bits per heavy atom. The van der Waals surface area contributed by atoms with Gasteiger partial charge < -0.3 is 0 Å². The minimum atomic E-state index is 0.0801. The summed E-state index contributed by atoms with van der Waals surface area (Å²) in [7, 11) is 0.646. The molecule has 2 unspecified atom stereocenters.